The Bertz CT molecular complexity index is 820. The molecule has 0 saturated heterocycles. The van der Waals surface area contributed by atoms with Gasteiger partial charge in [-0.3, -0.25) is 4.79 Å². The predicted octanol–water partition coefficient (Wildman–Crippen LogP) is 8.62. The van der Waals surface area contributed by atoms with E-state index in [0.717, 1.165) is 24.2 Å². The summed E-state index contributed by atoms with van der Waals surface area (Å²) in [5.74, 6) is 4.41. The van der Waals surface area contributed by atoms with Gasteiger partial charge in [0.25, 0.3) is 0 Å². The van der Waals surface area contributed by atoms with Crippen LogP contribution in [0.1, 0.15) is 119 Å². The van der Waals surface area contributed by atoms with Crippen molar-refractivity contribution in [2.24, 2.45) is 56.7 Å². The molecule has 0 aromatic rings. The van der Waals surface area contributed by atoms with Crippen molar-refractivity contribution in [3.8, 4) is 0 Å². The van der Waals surface area contributed by atoms with E-state index in [1.54, 1.807) is 0 Å². The highest BCUT2D eigenvalue weighted by Gasteiger charge is 2.82. The fourth-order valence-corrected chi connectivity index (χ4v) is 11.0. The van der Waals surface area contributed by atoms with Crippen molar-refractivity contribution >= 4 is 5.78 Å². The molecule has 1 nitrogen and oxygen atoms in total. The molecule has 5 fully saturated rings. The molecule has 0 bridgehead atoms. The molecule has 0 N–H and O–H groups in total. The van der Waals surface area contributed by atoms with Crippen LogP contribution < -0.4 is 0 Å². The lowest BCUT2D eigenvalue weighted by molar-refractivity contribution is -0.157. The second kappa shape index (κ2) is 6.97. The van der Waals surface area contributed by atoms with Gasteiger partial charge in [0, 0.05) is 11.8 Å². The Labute approximate surface area is 198 Å². The molecule has 0 aliphatic heterocycles. The molecule has 2 spiro atoms. The number of fused-ring (bicyclic) bond motifs is 2. The first-order chi connectivity index (χ1) is 14.9. The molecule has 5 saturated carbocycles. The number of carbonyl (C=O) groups is 1. The Morgan fingerprint density at radius 3 is 2.25 bits per heavy atom. The Morgan fingerprint density at radius 2 is 1.56 bits per heavy atom. The van der Waals surface area contributed by atoms with Crippen LogP contribution in [-0.2, 0) is 4.79 Å². The lowest BCUT2D eigenvalue weighted by Gasteiger charge is -2.62. The maximum Gasteiger partial charge on any atom is 0.138 e. The van der Waals surface area contributed by atoms with Crippen molar-refractivity contribution in [2.45, 2.75) is 119 Å². The number of rotatable bonds is 5. The maximum atomic E-state index is 12.8. The normalized spacial score (nSPS) is 49.6. The minimum absolute atomic E-state index is 0.0834. The van der Waals surface area contributed by atoms with E-state index < -0.39 is 0 Å². The van der Waals surface area contributed by atoms with Crippen LogP contribution in [0.5, 0.6) is 0 Å². The first kappa shape index (κ1) is 23.2. The van der Waals surface area contributed by atoms with Crippen molar-refractivity contribution in [1.82, 2.24) is 0 Å². The molecule has 32 heavy (non-hydrogen) atoms. The molecule has 5 aliphatic carbocycles. The van der Waals surface area contributed by atoms with Crippen LogP contribution in [0.15, 0.2) is 12.2 Å². The zero-order chi connectivity index (χ0) is 23.3. The monoisotopic (exact) mass is 438 g/mol. The molecule has 0 amide bonds. The van der Waals surface area contributed by atoms with Gasteiger partial charge in [-0.25, -0.2) is 0 Å². The lowest BCUT2D eigenvalue weighted by Crippen LogP contribution is -2.57. The number of allylic oxidation sites excluding steroid dienone is 1. The molecular formula is C31H50O. The predicted molar refractivity (Wildman–Crippen MR) is 134 cm³/mol. The Hall–Kier alpha value is -0.590. The van der Waals surface area contributed by atoms with Gasteiger partial charge in [0.1, 0.15) is 5.78 Å². The van der Waals surface area contributed by atoms with E-state index in [4.69, 9.17) is 0 Å². The highest BCUT2D eigenvalue weighted by atomic mass is 16.1. The lowest BCUT2D eigenvalue weighted by atomic mass is 9.42. The summed E-state index contributed by atoms with van der Waals surface area (Å²) in [7, 11) is 0. The topological polar surface area (TPSA) is 17.1 Å². The largest absolute Gasteiger partial charge is 0.299 e. The third kappa shape index (κ3) is 2.66. The van der Waals surface area contributed by atoms with Crippen LogP contribution in [0.4, 0.5) is 0 Å². The van der Waals surface area contributed by atoms with Gasteiger partial charge in [0.05, 0.1) is 0 Å². The van der Waals surface area contributed by atoms with Crippen LogP contribution in [0.2, 0.25) is 0 Å². The number of hydrogen-bond donors (Lipinski definition) is 0. The summed E-state index contributed by atoms with van der Waals surface area (Å²) < 4.78 is 0. The van der Waals surface area contributed by atoms with E-state index in [1.165, 1.54) is 69.8 Å². The molecule has 0 aromatic carbocycles. The summed E-state index contributed by atoms with van der Waals surface area (Å²) in [6.07, 6.45) is 14.5. The van der Waals surface area contributed by atoms with Crippen molar-refractivity contribution in [3.05, 3.63) is 12.2 Å². The van der Waals surface area contributed by atoms with Crippen molar-refractivity contribution < 1.29 is 4.79 Å². The molecule has 0 aromatic heterocycles. The van der Waals surface area contributed by atoms with Gasteiger partial charge in [-0.05, 0) is 115 Å². The standard InChI is InChI=1S/C31H50O/c1-20(2)21(3)9-10-22(4)23-13-15-29(8)25-12-11-24-27(5,6)26(32)14-16-30(24)19-31(25,30)18-17-28(23,29)7/h20,22-25H,3,9-19H2,1-2,4-8H3/t22-,23-,24-,25+,28-,29+,30+,31-/m1/s1. The number of ketones is 1. The van der Waals surface area contributed by atoms with Gasteiger partial charge in [0.2, 0.25) is 0 Å². The Morgan fingerprint density at radius 1 is 0.906 bits per heavy atom. The highest BCUT2D eigenvalue weighted by molar-refractivity contribution is 5.86. The van der Waals surface area contributed by atoms with Crippen molar-refractivity contribution in [2.75, 3.05) is 0 Å². The van der Waals surface area contributed by atoms with Crippen LogP contribution in [0.3, 0.4) is 0 Å². The van der Waals surface area contributed by atoms with Gasteiger partial charge < -0.3 is 0 Å². The van der Waals surface area contributed by atoms with E-state index >= 15 is 0 Å². The minimum Gasteiger partial charge on any atom is -0.299 e. The average Bonchev–Trinajstić information content (AvgIpc) is 3.31. The zero-order valence-corrected chi connectivity index (χ0v) is 22.3. The highest BCUT2D eigenvalue weighted by Crippen LogP contribution is 2.88. The molecule has 0 unspecified atom stereocenters. The summed E-state index contributed by atoms with van der Waals surface area (Å²) in [6, 6.07) is 0. The second-order valence-corrected chi connectivity index (χ2v) is 14.6. The first-order valence-corrected chi connectivity index (χ1v) is 14.1. The fraction of sp³-hybridized carbons (Fsp3) is 0.903. The fourth-order valence-electron chi connectivity index (χ4n) is 11.0. The summed E-state index contributed by atoms with van der Waals surface area (Å²) in [5.41, 5.74) is 3.44. The Balaban J connectivity index is 1.39. The van der Waals surface area contributed by atoms with E-state index in [9.17, 15) is 4.79 Å². The number of hydrogen-bond acceptors (Lipinski definition) is 1. The van der Waals surface area contributed by atoms with Gasteiger partial charge in [0.15, 0.2) is 0 Å². The molecule has 180 valence electrons. The second-order valence-electron chi connectivity index (χ2n) is 14.6. The quantitative estimate of drug-likeness (QED) is 0.393. The number of carbonyl (C=O) groups excluding carboxylic acids is 1. The summed E-state index contributed by atoms with van der Waals surface area (Å²) in [6.45, 7) is 21.5. The van der Waals surface area contributed by atoms with E-state index in [2.05, 4.69) is 55.0 Å². The molecular weight excluding hydrogens is 388 g/mol. The first-order valence-electron chi connectivity index (χ1n) is 14.1. The number of Topliss-reactive ketones (excluding diaryl/α,β-unsaturated/α-hetero) is 1. The molecule has 8 atom stereocenters. The Kier molecular flexibility index (Phi) is 5.05. The van der Waals surface area contributed by atoms with Gasteiger partial charge in [-0.15, -0.1) is 0 Å². The smallest absolute Gasteiger partial charge is 0.138 e. The summed E-state index contributed by atoms with van der Waals surface area (Å²) >= 11 is 0. The zero-order valence-electron chi connectivity index (χ0n) is 22.3. The van der Waals surface area contributed by atoms with Gasteiger partial charge in [-0.1, -0.05) is 60.6 Å². The summed E-state index contributed by atoms with van der Waals surface area (Å²) in [4.78, 5) is 12.8. The minimum atomic E-state index is -0.0834. The van der Waals surface area contributed by atoms with Crippen molar-refractivity contribution in [1.29, 1.82) is 0 Å². The molecule has 5 rings (SSSR count). The van der Waals surface area contributed by atoms with Gasteiger partial charge >= 0.3 is 0 Å². The van der Waals surface area contributed by atoms with E-state index in [-0.39, 0.29) is 5.41 Å². The molecule has 0 heterocycles. The van der Waals surface area contributed by atoms with Crippen LogP contribution in [-0.4, -0.2) is 5.78 Å². The SMILES string of the molecule is C=C(CC[C@@H](C)[C@H]1CC[C@@]2(C)[C@@H]3CC[C@@H]4C(C)(C)C(=O)CC[C@]45C[C@]35CC[C@]12C)C(C)C. The van der Waals surface area contributed by atoms with E-state index in [1.807, 2.05) is 0 Å². The molecule has 0 radical (unpaired) electrons. The average molecular weight is 439 g/mol. The van der Waals surface area contributed by atoms with Gasteiger partial charge in [-0.2, -0.15) is 0 Å². The van der Waals surface area contributed by atoms with Crippen LogP contribution in [0.25, 0.3) is 0 Å². The third-order valence-corrected chi connectivity index (χ3v) is 13.3. The summed E-state index contributed by atoms with van der Waals surface area (Å²) in [5, 5.41) is 0. The maximum absolute atomic E-state index is 12.8. The molecule has 1 heteroatoms. The van der Waals surface area contributed by atoms with E-state index in [0.29, 0.717) is 39.3 Å². The third-order valence-electron chi connectivity index (χ3n) is 13.3. The van der Waals surface area contributed by atoms with Crippen LogP contribution in [0, 0.1) is 56.7 Å². The van der Waals surface area contributed by atoms with Crippen LogP contribution >= 0.6 is 0 Å². The van der Waals surface area contributed by atoms with Crippen molar-refractivity contribution in [3.63, 3.8) is 0 Å². The molecule has 5 aliphatic rings.